The molecule has 7 rings (SSSR count). The molecule has 5 aromatic rings. The van der Waals surface area contributed by atoms with Gasteiger partial charge in [-0.25, -0.2) is 9.97 Å². The van der Waals surface area contributed by atoms with Crippen LogP contribution in [0.2, 0.25) is 10.0 Å². The van der Waals surface area contributed by atoms with E-state index < -0.39 is 0 Å². The quantitative estimate of drug-likeness (QED) is 0.163. The number of halogens is 2. The molecule has 0 unspecified atom stereocenters. The Kier molecular flexibility index (Phi) is 11.8. The van der Waals surface area contributed by atoms with Crippen molar-refractivity contribution in [3.8, 4) is 39.4 Å². The fourth-order valence-electron chi connectivity index (χ4n) is 7.54. The monoisotopic (exact) mass is 781 g/mol. The number of fused-ring (bicyclic) bond motifs is 1. The van der Waals surface area contributed by atoms with Crippen molar-refractivity contribution < 1.29 is 14.3 Å². The Bertz CT molecular complexity index is 2280. The maximum absolute atomic E-state index is 13.4. The first-order valence-corrected chi connectivity index (χ1v) is 19.5. The summed E-state index contributed by atoms with van der Waals surface area (Å²) >= 11 is 14.3. The van der Waals surface area contributed by atoms with Gasteiger partial charge in [-0.05, 0) is 49.4 Å². The fourth-order valence-corrected chi connectivity index (χ4v) is 8.20. The molecule has 2 N–H and O–H groups in total. The zero-order valence-electron chi connectivity index (χ0n) is 31.3. The van der Waals surface area contributed by atoms with Gasteiger partial charge in [0, 0.05) is 105 Å². The number of nitrogens with one attached hydrogen (secondary N) is 2. The van der Waals surface area contributed by atoms with Gasteiger partial charge in [-0.3, -0.25) is 18.8 Å². The van der Waals surface area contributed by atoms with Crippen LogP contribution in [0.4, 0.5) is 0 Å². The molecule has 2 aliphatic heterocycles. The second-order valence-corrected chi connectivity index (χ2v) is 15.0. The molecule has 2 aromatic carbocycles. The van der Waals surface area contributed by atoms with Crippen LogP contribution in [-0.2, 0) is 22.7 Å². The highest BCUT2D eigenvalue weighted by Gasteiger charge is 2.23. The number of pyridine rings is 2. The van der Waals surface area contributed by atoms with Gasteiger partial charge in [0.15, 0.2) is 0 Å². The van der Waals surface area contributed by atoms with Crippen LogP contribution in [0.3, 0.4) is 0 Å². The van der Waals surface area contributed by atoms with Crippen molar-refractivity contribution in [3.63, 3.8) is 0 Å². The summed E-state index contributed by atoms with van der Waals surface area (Å²) in [6, 6.07) is 19.9. The molecule has 0 aliphatic carbocycles. The van der Waals surface area contributed by atoms with Gasteiger partial charge in [-0.15, -0.1) is 0 Å². The second kappa shape index (κ2) is 16.9. The molecule has 286 valence electrons. The SMILES string of the molecule is COc1nc(-c2cccc(-c3cccc(-c4ccn5c(=O)c(CNC6CCN(C(C)=O)CC6)cnc5c4)c3Cl)c2Cl)ccc1CNC1CCN(C(C)=O)CC1. The van der Waals surface area contributed by atoms with Gasteiger partial charge in [-0.2, -0.15) is 0 Å². The van der Waals surface area contributed by atoms with Crippen molar-refractivity contribution in [3.05, 3.63) is 105 Å². The number of benzene rings is 2. The maximum Gasteiger partial charge on any atom is 0.262 e. The van der Waals surface area contributed by atoms with E-state index in [4.69, 9.17) is 32.9 Å². The normalized spacial score (nSPS) is 15.4. The molecule has 3 aromatic heterocycles. The summed E-state index contributed by atoms with van der Waals surface area (Å²) in [5.41, 5.74) is 6.43. The number of carbonyl (C=O) groups excluding carboxylic acids is 2. The Morgan fingerprint density at radius 2 is 1.31 bits per heavy atom. The number of piperidine rings is 2. The summed E-state index contributed by atoms with van der Waals surface area (Å²) in [7, 11) is 1.61. The van der Waals surface area contributed by atoms with Gasteiger partial charge < -0.3 is 25.2 Å². The van der Waals surface area contributed by atoms with Gasteiger partial charge in [0.25, 0.3) is 5.56 Å². The molecule has 0 bridgehead atoms. The number of carbonyl (C=O) groups is 2. The largest absolute Gasteiger partial charge is 0.481 e. The minimum atomic E-state index is -0.130. The molecule has 11 nitrogen and oxygen atoms in total. The lowest BCUT2D eigenvalue weighted by Crippen LogP contribution is -2.44. The van der Waals surface area contributed by atoms with Crippen molar-refractivity contribution in [2.24, 2.45) is 0 Å². The minimum absolute atomic E-state index is 0.0991. The number of amides is 2. The lowest BCUT2D eigenvalue weighted by molar-refractivity contribution is -0.130. The van der Waals surface area contributed by atoms with Crippen molar-refractivity contribution >= 4 is 40.7 Å². The van der Waals surface area contributed by atoms with Gasteiger partial charge in [0.2, 0.25) is 17.7 Å². The Labute approximate surface area is 330 Å². The fraction of sp³-hybridized carbons (Fsp3) is 0.357. The van der Waals surface area contributed by atoms with E-state index in [1.54, 1.807) is 37.8 Å². The smallest absolute Gasteiger partial charge is 0.262 e. The summed E-state index contributed by atoms with van der Waals surface area (Å²) in [5, 5.41) is 8.11. The highest BCUT2D eigenvalue weighted by Crippen LogP contribution is 2.42. The van der Waals surface area contributed by atoms with E-state index in [2.05, 4.69) is 15.6 Å². The molecule has 2 aliphatic rings. The highest BCUT2D eigenvalue weighted by atomic mass is 35.5. The molecular formula is C42H45Cl2N7O4. The standard InChI is InChI=1S/C42H45Cl2N7O4/c1-26(52)49-17-13-31(14-18-49)45-23-29-10-11-37(48-41(29)55-3)36-9-5-8-35(40(36)44)34-7-4-6-33(39(34)43)28-12-21-51-38(22-28)47-25-30(42(51)54)24-46-32-15-19-50(20-16-32)27(2)53/h4-12,21-22,25,31-32,45-46H,13-20,23-24H2,1-3H3. The lowest BCUT2D eigenvalue weighted by Gasteiger charge is -2.31. The highest BCUT2D eigenvalue weighted by molar-refractivity contribution is 6.39. The van der Waals surface area contributed by atoms with E-state index in [-0.39, 0.29) is 23.4 Å². The second-order valence-electron chi connectivity index (χ2n) is 14.3. The third kappa shape index (κ3) is 8.40. The zero-order chi connectivity index (χ0) is 38.6. The maximum atomic E-state index is 13.4. The van der Waals surface area contributed by atoms with Crippen LogP contribution in [-0.4, -0.2) is 81.4 Å². The average Bonchev–Trinajstić information content (AvgIpc) is 3.20. The first kappa shape index (κ1) is 38.5. The lowest BCUT2D eigenvalue weighted by atomic mass is 9.97. The van der Waals surface area contributed by atoms with E-state index in [9.17, 15) is 14.4 Å². The van der Waals surface area contributed by atoms with E-state index >= 15 is 0 Å². The van der Waals surface area contributed by atoms with E-state index in [0.29, 0.717) is 52.0 Å². The van der Waals surface area contributed by atoms with Crippen LogP contribution in [0.15, 0.2) is 77.9 Å². The van der Waals surface area contributed by atoms with E-state index in [1.807, 2.05) is 70.5 Å². The minimum Gasteiger partial charge on any atom is -0.481 e. The van der Waals surface area contributed by atoms with Crippen LogP contribution in [0, 0.1) is 0 Å². The number of aromatic nitrogens is 3. The molecule has 0 spiro atoms. The van der Waals surface area contributed by atoms with Crippen molar-refractivity contribution in [1.29, 1.82) is 0 Å². The number of nitrogens with zero attached hydrogens (tertiary/aromatic N) is 5. The van der Waals surface area contributed by atoms with Gasteiger partial charge in [0.1, 0.15) is 5.65 Å². The summed E-state index contributed by atoms with van der Waals surface area (Å²) in [6.07, 6.45) is 6.88. The molecule has 2 amide bonds. The van der Waals surface area contributed by atoms with E-state index in [1.165, 1.54) is 0 Å². The van der Waals surface area contributed by atoms with Gasteiger partial charge >= 0.3 is 0 Å². The summed E-state index contributed by atoms with van der Waals surface area (Å²) in [5.74, 6) is 0.743. The average molecular weight is 783 g/mol. The topological polar surface area (TPSA) is 121 Å². The molecule has 0 atom stereocenters. The summed E-state index contributed by atoms with van der Waals surface area (Å²) < 4.78 is 7.27. The number of rotatable bonds is 10. The first-order valence-electron chi connectivity index (χ1n) is 18.7. The number of likely N-dealkylation sites (tertiary alicyclic amines) is 2. The number of hydrogen-bond acceptors (Lipinski definition) is 8. The predicted molar refractivity (Wildman–Crippen MR) is 216 cm³/mol. The third-order valence-electron chi connectivity index (χ3n) is 10.8. The first-order chi connectivity index (χ1) is 26.6. The Morgan fingerprint density at radius 1 is 0.764 bits per heavy atom. The molecule has 2 fully saturated rings. The number of methoxy groups -OCH3 is 1. The third-order valence-corrected chi connectivity index (χ3v) is 11.6. The van der Waals surface area contributed by atoms with Crippen LogP contribution < -0.4 is 20.9 Å². The Morgan fingerprint density at radius 3 is 1.89 bits per heavy atom. The Balaban J connectivity index is 1.08. The molecule has 13 heteroatoms. The van der Waals surface area contributed by atoms with Crippen molar-refractivity contribution in [2.45, 2.75) is 64.7 Å². The molecule has 5 heterocycles. The molecule has 55 heavy (non-hydrogen) atoms. The van der Waals surface area contributed by atoms with Gasteiger partial charge in [0.05, 0.1) is 28.4 Å². The van der Waals surface area contributed by atoms with Crippen molar-refractivity contribution in [2.75, 3.05) is 33.3 Å². The van der Waals surface area contributed by atoms with Crippen LogP contribution in [0.25, 0.3) is 39.2 Å². The molecule has 2 saturated heterocycles. The summed E-state index contributed by atoms with van der Waals surface area (Å²) in [6.45, 7) is 7.17. The number of ether oxygens (including phenoxy) is 1. The van der Waals surface area contributed by atoms with Gasteiger partial charge in [-0.1, -0.05) is 65.7 Å². The van der Waals surface area contributed by atoms with Crippen LogP contribution >= 0.6 is 23.2 Å². The molecule has 0 saturated carbocycles. The summed E-state index contributed by atoms with van der Waals surface area (Å²) in [4.78, 5) is 50.0. The van der Waals surface area contributed by atoms with Crippen LogP contribution in [0.5, 0.6) is 5.88 Å². The predicted octanol–water partition coefficient (Wildman–Crippen LogP) is 6.61. The zero-order valence-corrected chi connectivity index (χ0v) is 32.8. The molecular weight excluding hydrogens is 737 g/mol. The number of hydrogen-bond donors (Lipinski definition) is 2. The van der Waals surface area contributed by atoms with E-state index in [0.717, 1.165) is 85.2 Å². The van der Waals surface area contributed by atoms with Crippen LogP contribution in [0.1, 0.15) is 50.7 Å². The van der Waals surface area contributed by atoms with Crippen molar-refractivity contribution in [1.82, 2.24) is 34.8 Å². The Hall–Kier alpha value is -4.81. The molecule has 0 radical (unpaired) electrons.